The van der Waals surface area contributed by atoms with Gasteiger partial charge in [-0.05, 0) is 74.5 Å². The lowest BCUT2D eigenvalue weighted by molar-refractivity contribution is -0.138. The van der Waals surface area contributed by atoms with Crippen LogP contribution >= 0.6 is 0 Å². The van der Waals surface area contributed by atoms with Gasteiger partial charge in [0, 0.05) is 43.4 Å². The Morgan fingerprint density at radius 3 is 2.74 bits per heavy atom. The largest absolute Gasteiger partial charge is 0.481 e. The highest BCUT2D eigenvalue weighted by molar-refractivity contribution is 5.68. The number of carboxylic acids is 1. The van der Waals surface area contributed by atoms with E-state index in [-0.39, 0.29) is 12.4 Å². The molecule has 1 atom stereocenters. The van der Waals surface area contributed by atoms with Crippen LogP contribution in [0.15, 0.2) is 18.5 Å². The number of rotatable bonds is 13. The second-order valence-corrected chi connectivity index (χ2v) is 9.63. The summed E-state index contributed by atoms with van der Waals surface area (Å²) >= 11 is 0. The van der Waals surface area contributed by atoms with E-state index >= 15 is 0 Å². The van der Waals surface area contributed by atoms with Gasteiger partial charge in [0.15, 0.2) is 0 Å². The minimum absolute atomic E-state index is 0.147. The Balaban J connectivity index is 1.34. The van der Waals surface area contributed by atoms with Gasteiger partial charge in [-0.3, -0.25) is 4.79 Å². The second-order valence-electron chi connectivity index (χ2n) is 9.63. The number of ether oxygens (including phenoxy) is 1. The van der Waals surface area contributed by atoms with Crippen LogP contribution < -0.4 is 10.1 Å². The maximum atomic E-state index is 14.9. The number of aliphatic carboxylic acids is 1. The molecule has 0 spiro atoms. The minimum Gasteiger partial charge on any atom is -0.481 e. The Morgan fingerprint density at radius 1 is 1.29 bits per heavy atom. The highest BCUT2D eigenvalue weighted by atomic mass is 19.3. The predicted octanol–water partition coefficient (Wildman–Crippen LogP) is 5.50. The summed E-state index contributed by atoms with van der Waals surface area (Å²) in [6.07, 6.45) is 7.70. The average Bonchev–Trinajstić information content (AvgIpc) is 3.67. The normalized spacial score (nSPS) is 16.3. The third-order valence-electron chi connectivity index (χ3n) is 6.71. The lowest BCUT2D eigenvalue weighted by Crippen LogP contribution is -2.22. The fraction of sp³-hybridized carbons (Fsp3) is 0.615. The number of aryl methyl sites for hydroxylation is 2. The molecular formula is C26H34F2N4O3. The van der Waals surface area contributed by atoms with E-state index in [0.29, 0.717) is 37.4 Å². The number of halogens is 2. The molecule has 0 aromatic carbocycles. The Bertz CT molecular complexity index is 1010. The number of anilines is 1. The van der Waals surface area contributed by atoms with Crippen molar-refractivity contribution in [2.75, 3.05) is 18.5 Å². The van der Waals surface area contributed by atoms with Gasteiger partial charge in [-0.2, -0.15) is 0 Å². The van der Waals surface area contributed by atoms with Crippen molar-refractivity contribution in [1.29, 1.82) is 0 Å². The molecule has 0 amide bonds. The van der Waals surface area contributed by atoms with Crippen molar-refractivity contribution in [2.45, 2.75) is 88.9 Å². The molecule has 2 aliphatic rings. The molecule has 0 radical (unpaired) electrons. The quantitative estimate of drug-likeness (QED) is 0.359. The number of nitrogens with one attached hydrogen (secondary N) is 1. The van der Waals surface area contributed by atoms with E-state index in [9.17, 15) is 18.7 Å². The third kappa shape index (κ3) is 7.08. The highest BCUT2D eigenvalue weighted by Crippen LogP contribution is 2.43. The smallest absolute Gasteiger partial charge is 0.316 e. The van der Waals surface area contributed by atoms with Gasteiger partial charge < -0.3 is 15.2 Å². The number of carbonyl (C=O) groups is 1. The first-order valence-corrected chi connectivity index (χ1v) is 12.7. The maximum absolute atomic E-state index is 14.9. The summed E-state index contributed by atoms with van der Waals surface area (Å²) in [5.74, 6) is -3.45. The molecule has 9 heteroatoms. The van der Waals surface area contributed by atoms with Crippen molar-refractivity contribution in [3.8, 4) is 6.01 Å². The monoisotopic (exact) mass is 488 g/mol. The average molecular weight is 489 g/mol. The molecular weight excluding hydrogens is 454 g/mol. The van der Waals surface area contributed by atoms with Crippen molar-refractivity contribution in [2.24, 2.45) is 0 Å². The SMILES string of the molecule is CCOc1ncc([C@H](CC(=O)O)CC(F)(F)CCCCc2nc3c(cc2C2CC2)CCCN3)cn1. The van der Waals surface area contributed by atoms with Crippen LogP contribution in [-0.4, -0.2) is 45.1 Å². The number of fused-ring (bicyclic) bond motifs is 1. The van der Waals surface area contributed by atoms with Crippen LogP contribution in [0.2, 0.25) is 0 Å². The number of nitrogens with zero attached hydrogens (tertiary/aromatic N) is 3. The molecule has 3 heterocycles. The van der Waals surface area contributed by atoms with Gasteiger partial charge >= 0.3 is 12.0 Å². The van der Waals surface area contributed by atoms with E-state index in [1.54, 1.807) is 6.92 Å². The lowest BCUT2D eigenvalue weighted by Gasteiger charge is -2.23. The lowest BCUT2D eigenvalue weighted by atomic mass is 9.89. The molecule has 2 N–H and O–H groups in total. The standard InChI is InChI=1S/C26H34F2N4O3/c1-2-35-25-30-15-20(16-31-25)19(13-23(33)34)14-26(27,28)10-4-3-7-22-21(17-8-9-17)12-18-6-5-11-29-24(18)32-22/h12,15-17,19H,2-11,13-14H2,1H3,(H,29,32)(H,33,34)/t19-/m1/s1. The second kappa shape index (κ2) is 11.3. The predicted molar refractivity (Wildman–Crippen MR) is 128 cm³/mol. The summed E-state index contributed by atoms with van der Waals surface area (Å²) in [6.45, 7) is 3.09. The van der Waals surface area contributed by atoms with Crippen molar-refractivity contribution in [1.82, 2.24) is 15.0 Å². The number of aromatic nitrogens is 3. The molecule has 35 heavy (non-hydrogen) atoms. The zero-order valence-corrected chi connectivity index (χ0v) is 20.2. The van der Waals surface area contributed by atoms with Crippen molar-refractivity contribution >= 4 is 11.8 Å². The molecule has 1 fully saturated rings. The van der Waals surface area contributed by atoms with E-state index in [0.717, 1.165) is 30.9 Å². The van der Waals surface area contributed by atoms with Gasteiger partial charge in [-0.25, -0.2) is 23.7 Å². The maximum Gasteiger partial charge on any atom is 0.316 e. The van der Waals surface area contributed by atoms with Crippen molar-refractivity contribution in [3.05, 3.63) is 40.8 Å². The number of pyridine rings is 1. The highest BCUT2D eigenvalue weighted by Gasteiger charge is 2.34. The fourth-order valence-electron chi connectivity index (χ4n) is 4.79. The molecule has 1 aliphatic carbocycles. The molecule has 0 unspecified atom stereocenters. The van der Waals surface area contributed by atoms with Crippen molar-refractivity contribution in [3.63, 3.8) is 0 Å². The summed E-state index contributed by atoms with van der Waals surface area (Å²) in [6, 6.07) is 2.43. The molecule has 7 nitrogen and oxygen atoms in total. The molecule has 0 bridgehead atoms. The first-order valence-electron chi connectivity index (χ1n) is 12.7. The summed E-state index contributed by atoms with van der Waals surface area (Å²) in [4.78, 5) is 24.2. The van der Waals surface area contributed by atoms with E-state index < -0.39 is 30.7 Å². The van der Waals surface area contributed by atoms with Crippen LogP contribution in [0.1, 0.15) is 92.5 Å². The van der Waals surface area contributed by atoms with Crippen LogP contribution in [0, 0.1) is 0 Å². The van der Waals surface area contributed by atoms with Gasteiger partial charge in [0.1, 0.15) is 5.82 Å². The zero-order chi connectivity index (χ0) is 24.8. The van der Waals surface area contributed by atoms with Gasteiger partial charge in [0.2, 0.25) is 5.92 Å². The number of carboxylic acid groups (broad SMARTS) is 1. The topological polar surface area (TPSA) is 97.2 Å². The minimum atomic E-state index is -2.98. The molecule has 2 aromatic heterocycles. The number of hydrogen-bond acceptors (Lipinski definition) is 6. The molecule has 1 aliphatic heterocycles. The van der Waals surface area contributed by atoms with Crippen LogP contribution in [-0.2, 0) is 17.6 Å². The first-order chi connectivity index (χ1) is 16.8. The van der Waals surface area contributed by atoms with Crippen molar-refractivity contribution < 1.29 is 23.4 Å². The number of alkyl halides is 2. The summed E-state index contributed by atoms with van der Waals surface area (Å²) in [5.41, 5.74) is 4.00. The van der Waals surface area contributed by atoms with E-state index in [2.05, 4.69) is 21.4 Å². The van der Waals surface area contributed by atoms with Crippen LogP contribution in [0.25, 0.3) is 0 Å². The third-order valence-corrected chi connectivity index (χ3v) is 6.71. The Morgan fingerprint density at radius 2 is 2.06 bits per heavy atom. The van der Waals surface area contributed by atoms with Gasteiger partial charge in [-0.15, -0.1) is 0 Å². The van der Waals surface area contributed by atoms with E-state index in [4.69, 9.17) is 9.72 Å². The van der Waals surface area contributed by atoms with Crippen LogP contribution in [0.3, 0.4) is 0 Å². The summed E-state index contributed by atoms with van der Waals surface area (Å²) < 4.78 is 35.0. The first kappa shape index (κ1) is 25.3. The molecule has 2 aromatic rings. The van der Waals surface area contributed by atoms with E-state index in [1.807, 2.05) is 0 Å². The van der Waals surface area contributed by atoms with Crippen LogP contribution in [0.5, 0.6) is 6.01 Å². The summed E-state index contributed by atoms with van der Waals surface area (Å²) in [7, 11) is 0. The zero-order valence-electron chi connectivity index (χ0n) is 20.2. The Hall–Kier alpha value is -2.84. The van der Waals surface area contributed by atoms with Gasteiger partial charge in [0.25, 0.3) is 0 Å². The van der Waals surface area contributed by atoms with Crippen LogP contribution in [0.4, 0.5) is 14.6 Å². The number of unbranched alkanes of at least 4 members (excludes halogenated alkanes) is 1. The van der Waals surface area contributed by atoms with Gasteiger partial charge in [0.05, 0.1) is 13.0 Å². The van der Waals surface area contributed by atoms with E-state index in [1.165, 1.54) is 36.4 Å². The molecule has 1 saturated carbocycles. The fourth-order valence-corrected chi connectivity index (χ4v) is 4.79. The molecule has 4 rings (SSSR count). The number of hydrogen-bond donors (Lipinski definition) is 2. The summed E-state index contributed by atoms with van der Waals surface area (Å²) in [5, 5.41) is 12.6. The Kier molecular flexibility index (Phi) is 8.13. The Labute approximate surface area is 204 Å². The molecule has 0 saturated heterocycles. The van der Waals surface area contributed by atoms with Gasteiger partial charge in [-0.1, -0.05) is 6.07 Å². The molecule has 190 valence electrons.